The molecule has 0 bridgehead atoms. The lowest BCUT2D eigenvalue weighted by Crippen LogP contribution is -2.25. The number of ether oxygens (including phenoxy) is 1. The Labute approximate surface area is 146 Å². The van der Waals surface area contributed by atoms with Gasteiger partial charge in [-0.25, -0.2) is 14.6 Å². The summed E-state index contributed by atoms with van der Waals surface area (Å²) in [5.74, 6) is -1.24. The van der Waals surface area contributed by atoms with Crippen LogP contribution in [0.15, 0.2) is 22.6 Å². The molecule has 1 aliphatic heterocycles. The molecule has 0 aromatic carbocycles. The standard InChI is InChI=1S/C13H20N2O2.C4H4O4/c1-4-8-16-13-10(2)14-12(17-13)11-6-5-7-15(3)9-11;5-3(6)1-2-4(7)8/h6H,4-5,7-9H2,1-3H3;1-2H,(H,5,6)(H,7,8)/b;2-1-. The van der Waals surface area contributed by atoms with Crippen LogP contribution in [0.3, 0.4) is 0 Å². The van der Waals surface area contributed by atoms with E-state index in [1.54, 1.807) is 0 Å². The Kier molecular flexibility index (Phi) is 8.42. The molecule has 1 aliphatic rings. The maximum atomic E-state index is 9.55. The van der Waals surface area contributed by atoms with Gasteiger partial charge in [0.05, 0.1) is 6.61 Å². The fraction of sp³-hybridized carbons (Fsp3) is 0.471. The number of carbonyl (C=O) groups is 2. The summed E-state index contributed by atoms with van der Waals surface area (Å²) in [5.41, 5.74) is 2.00. The zero-order valence-electron chi connectivity index (χ0n) is 14.7. The fourth-order valence-corrected chi connectivity index (χ4v) is 2.04. The summed E-state index contributed by atoms with van der Waals surface area (Å²) in [5, 5.41) is 15.6. The van der Waals surface area contributed by atoms with Gasteiger partial charge in [-0.2, -0.15) is 0 Å². The normalized spacial score (nSPS) is 14.6. The third-order valence-corrected chi connectivity index (χ3v) is 3.18. The topological polar surface area (TPSA) is 113 Å². The van der Waals surface area contributed by atoms with Crippen molar-refractivity contribution in [2.24, 2.45) is 0 Å². The average molecular weight is 352 g/mol. The van der Waals surface area contributed by atoms with Gasteiger partial charge in [-0.1, -0.05) is 13.0 Å². The number of nitrogens with zero attached hydrogens (tertiary/aromatic N) is 2. The first-order chi connectivity index (χ1) is 11.8. The SMILES string of the molecule is CCCOc1oc(C2=CCCN(C)C2)nc1C.O=C(O)/C=C\C(=O)O. The summed E-state index contributed by atoms with van der Waals surface area (Å²) < 4.78 is 11.2. The van der Waals surface area contributed by atoms with Gasteiger partial charge in [0.2, 0.25) is 5.89 Å². The molecule has 0 amide bonds. The van der Waals surface area contributed by atoms with Crippen LogP contribution in [0.5, 0.6) is 5.95 Å². The van der Waals surface area contributed by atoms with Crippen molar-refractivity contribution < 1.29 is 29.0 Å². The maximum absolute atomic E-state index is 9.55. The number of aryl methyl sites for hydroxylation is 1. The molecule has 8 nitrogen and oxygen atoms in total. The molecule has 1 aromatic heterocycles. The Balaban J connectivity index is 0.000000333. The predicted molar refractivity (Wildman–Crippen MR) is 91.5 cm³/mol. The van der Waals surface area contributed by atoms with Crippen molar-refractivity contribution in [3.63, 3.8) is 0 Å². The molecule has 0 saturated heterocycles. The molecule has 0 radical (unpaired) electrons. The monoisotopic (exact) mass is 352 g/mol. The summed E-state index contributed by atoms with van der Waals surface area (Å²) >= 11 is 0. The molecule has 2 rings (SSSR count). The van der Waals surface area contributed by atoms with Gasteiger partial charge in [-0.15, -0.1) is 0 Å². The van der Waals surface area contributed by atoms with Gasteiger partial charge in [-0.05, 0) is 26.8 Å². The Morgan fingerprint density at radius 1 is 1.36 bits per heavy atom. The van der Waals surface area contributed by atoms with Crippen LogP contribution in [0.1, 0.15) is 31.4 Å². The second-order valence-corrected chi connectivity index (χ2v) is 5.51. The molecule has 1 aromatic rings. The highest BCUT2D eigenvalue weighted by atomic mass is 16.6. The summed E-state index contributed by atoms with van der Waals surface area (Å²) in [7, 11) is 2.11. The first-order valence-corrected chi connectivity index (χ1v) is 7.95. The third-order valence-electron chi connectivity index (χ3n) is 3.18. The Hall–Kier alpha value is -2.61. The first-order valence-electron chi connectivity index (χ1n) is 7.95. The fourth-order valence-electron chi connectivity index (χ4n) is 2.04. The number of aliphatic carboxylic acids is 2. The van der Waals surface area contributed by atoms with E-state index in [0.717, 1.165) is 37.2 Å². The summed E-state index contributed by atoms with van der Waals surface area (Å²) in [6, 6.07) is 0. The number of likely N-dealkylation sites (N-methyl/N-ethyl adjacent to an activating group) is 1. The molecule has 0 fully saturated rings. The molecule has 2 N–H and O–H groups in total. The number of oxazole rings is 1. The highest BCUT2D eigenvalue weighted by molar-refractivity contribution is 5.89. The van der Waals surface area contributed by atoms with Crippen molar-refractivity contribution in [2.75, 3.05) is 26.7 Å². The highest BCUT2D eigenvalue weighted by Gasteiger charge is 2.17. The number of hydrogen-bond acceptors (Lipinski definition) is 6. The quantitative estimate of drug-likeness (QED) is 0.749. The average Bonchev–Trinajstić information content (AvgIpc) is 2.92. The van der Waals surface area contributed by atoms with E-state index < -0.39 is 11.9 Å². The van der Waals surface area contributed by atoms with Gasteiger partial charge >= 0.3 is 17.9 Å². The van der Waals surface area contributed by atoms with Crippen molar-refractivity contribution in [2.45, 2.75) is 26.7 Å². The Morgan fingerprint density at radius 3 is 2.52 bits per heavy atom. The molecular weight excluding hydrogens is 328 g/mol. The smallest absolute Gasteiger partial charge is 0.328 e. The van der Waals surface area contributed by atoms with E-state index in [-0.39, 0.29) is 0 Å². The van der Waals surface area contributed by atoms with Gasteiger partial charge in [0, 0.05) is 30.8 Å². The lowest BCUT2D eigenvalue weighted by atomic mass is 10.1. The number of carboxylic acids is 2. The lowest BCUT2D eigenvalue weighted by molar-refractivity contribution is -0.134. The maximum Gasteiger partial charge on any atom is 0.328 e. The van der Waals surface area contributed by atoms with Crippen molar-refractivity contribution in [1.29, 1.82) is 0 Å². The van der Waals surface area contributed by atoms with Gasteiger partial charge in [0.15, 0.2) is 0 Å². The van der Waals surface area contributed by atoms with Crippen molar-refractivity contribution in [1.82, 2.24) is 9.88 Å². The first kappa shape index (κ1) is 20.4. The molecule has 25 heavy (non-hydrogen) atoms. The molecule has 138 valence electrons. The zero-order chi connectivity index (χ0) is 18.8. The van der Waals surface area contributed by atoms with Crippen LogP contribution in [0.2, 0.25) is 0 Å². The van der Waals surface area contributed by atoms with Crippen molar-refractivity contribution >= 4 is 17.5 Å². The molecule has 0 aliphatic carbocycles. The van der Waals surface area contributed by atoms with Crippen LogP contribution >= 0.6 is 0 Å². The molecule has 0 unspecified atom stereocenters. The molecule has 2 heterocycles. The number of aromatic nitrogens is 1. The second-order valence-electron chi connectivity index (χ2n) is 5.51. The van der Waals surface area contributed by atoms with E-state index in [2.05, 4.69) is 29.9 Å². The van der Waals surface area contributed by atoms with Gasteiger partial charge in [-0.3, -0.25) is 0 Å². The van der Waals surface area contributed by atoms with Crippen LogP contribution in [-0.4, -0.2) is 58.8 Å². The predicted octanol–water partition coefficient (Wildman–Crippen LogP) is 2.20. The van der Waals surface area contributed by atoms with Crippen LogP contribution in [0, 0.1) is 6.92 Å². The highest BCUT2D eigenvalue weighted by Crippen LogP contribution is 2.26. The molecular formula is C17H24N2O6. The van der Waals surface area contributed by atoms with Gasteiger partial charge in [0.1, 0.15) is 5.69 Å². The Bertz CT molecular complexity index is 632. The van der Waals surface area contributed by atoms with Crippen LogP contribution in [0.4, 0.5) is 0 Å². The molecule has 0 spiro atoms. The minimum atomic E-state index is -1.26. The van der Waals surface area contributed by atoms with E-state index >= 15 is 0 Å². The minimum absolute atomic E-state index is 0.558. The molecule has 0 saturated carbocycles. The summed E-state index contributed by atoms with van der Waals surface area (Å²) in [4.78, 5) is 25.8. The van der Waals surface area contributed by atoms with Crippen LogP contribution < -0.4 is 4.74 Å². The van der Waals surface area contributed by atoms with E-state index in [1.165, 1.54) is 0 Å². The van der Waals surface area contributed by atoms with Gasteiger partial charge in [0.25, 0.3) is 0 Å². The molecule has 0 atom stereocenters. The largest absolute Gasteiger partial charge is 0.478 e. The molecule has 8 heteroatoms. The second kappa shape index (κ2) is 10.3. The van der Waals surface area contributed by atoms with E-state index in [1.807, 2.05) is 6.92 Å². The lowest BCUT2D eigenvalue weighted by Gasteiger charge is -2.20. The summed E-state index contributed by atoms with van der Waals surface area (Å²) in [6.07, 6.45) is 5.35. The zero-order valence-corrected chi connectivity index (χ0v) is 14.7. The van der Waals surface area contributed by atoms with Gasteiger partial charge < -0.3 is 24.3 Å². The van der Waals surface area contributed by atoms with E-state index in [4.69, 9.17) is 19.4 Å². The number of carboxylic acid groups (broad SMARTS) is 2. The van der Waals surface area contributed by atoms with E-state index in [0.29, 0.717) is 30.6 Å². The Morgan fingerprint density at radius 2 is 2.00 bits per heavy atom. The van der Waals surface area contributed by atoms with Crippen molar-refractivity contribution in [3.05, 3.63) is 29.8 Å². The van der Waals surface area contributed by atoms with Crippen LogP contribution in [0.25, 0.3) is 5.57 Å². The van der Waals surface area contributed by atoms with Crippen molar-refractivity contribution in [3.8, 4) is 5.95 Å². The number of hydrogen-bond donors (Lipinski definition) is 2. The third kappa shape index (κ3) is 7.67. The summed E-state index contributed by atoms with van der Waals surface area (Å²) in [6.45, 7) is 6.67. The van der Waals surface area contributed by atoms with Crippen LogP contribution in [-0.2, 0) is 9.59 Å². The number of rotatable bonds is 6. The minimum Gasteiger partial charge on any atom is -0.478 e. The van der Waals surface area contributed by atoms with E-state index in [9.17, 15) is 9.59 Å².